The van der Waals surface area contributed by atoms with Gasteiger partial charge in [0.25, 0.3) is 0 Å². The largest absolute Gasteiger partial charge is 0.396 e. The SMILES string of the molecule is OCCC(O)C(O)c1ccc(Br)cc1F. The number of hydrogen-bond donors (Lipinski definition) is 3. The second kappa shape index (κ2) is 5.55. The van der Waals surface area contributed by atoms with E-state index in [4.69, 9.17) is 5.11 Å². The molecule has 1 rings (SSSR count). The van der Waals surface area contributed by atoms with Crippen LogP contribution in [-0.2, 0) is 0 Å². The van der Waals surface area contributed by atoms with Gasteiger partial charge in [0.05, 0.1) is 6.10 Å². The van der Waals surface area contributed by atoms with Crippen LogP contribution < -0.4 is 0 Å². The monoisotopic (exact) mass is 278 g/mol. The molecule has 3 nitrogen and oxygen atoms in total. The molecular weight excluding hydrogens is 267 g/mol. The Bertz CT molecular complexity index is 332. The highest BCUT2D eigenvalue weighted by molar-refractivity contribution is 9.10. The van der Waals surface area contributed by atoms with E-state index in [2.05, 4.69) is 15.9 Å². The summed E-state index contributed by atoms with van der Waals surface area (Å²) in [5, 5.41) is 27.5. The number of aliphatic hydroxyl groups excluding tert-OH is 3. The van der Waals surface area contributed by atoms with Crippen LogP contribution in [0, 0.1) is 5.82 Å². The molecule has 5 heteroatoms. The third-order valence-corrected chi connectivity index (χ3v) is 2.56. The van der Waals surface area contributed by atoms with Crippen LogP contribution in [0.15, 0.2) is 22.7 Å². The molecule has 0 bridgehead atoms. The van der Waals surface area contributed by atoms with Crippen LogP contribution in [0.2, 0.25) is 0 Å². The van der Waals surface area contributed by atoms with Gasteiger partial charge < -0.3 is 15.3 Å². The van der Waals surface area contributed by atoms with Gasteiger partial charge in [-0.2, -0.15) is 0 Å². The molecule has 0 aromatic heterocycles. The molecule has 0 saturated heterocycles. The van der Waals surface area contributed by atoms with Gasteiger partial charge in [-0.1, -0.05) is 22.0 Å². The molecule has 2 atom stereocenters. The second-order valence-electron chi connectivity index (χ2n) is 3.19. The summed E-state index contributed by atoms with van der Waals surface area (Å²) in [7, 11) is 0. The summed E-state index contributed by atoms with van der Waals surface area (Å²) >= 11 is 3.09. The summed E-state index contributed by atoms with van der Waals surface area (Å²) in [4.78, 5) is 0. The van der Waals surface area contributed by atoms with Gasteiger partial charge in [-0.25, -0.2) is 4.39 Å². The van der Waals surface area contributed by atoms with Crippen molar-refractivity contribution in [1.82, 2.24) is 0 Å². The third-order valence-electron chi connectivity index (χ3n) is 2.07. The van der Waals surface area contributed by atoms with Crippen molar-refractivity contribution in [1.29, 1.82) is 0 Å². The minimum Gasteiger partial charge on any atom is -0.396 e. The van der Waals surface area contributed by atoms with E-state index >= 15 is 0 Å². The van der Waals surface area contributed by atoms with Gasteiger partial charge in [0, 0.05) is 16.6 Å². The predicted molar refractivity (Wildman–Crippen MR) is 56.8 cm³/mol. The molecule has 0 spiro atoms. The fourth-order valence-corrected chi connectivity index (χ4v) is 1.57. The van der Waals surface area contributed by atoms with Gasteiger partial charge in [0.2, 0.25) is 0 Å². The number of aliphatic hydroxyl groups is 3. The highest BCUT2D eigenvalue weighted by Crippen LogP contribution is 2.24. The third kappa shape index (κ3) is 3.24. The van der Waals surface area contributed by atoms with Crippen LogP contribution in [0.4, 0.5) is 4.39 Å². The summed E-state index contributed by atoms with van der Waals surface area (Å²) in [6, 6.07) is 4.18. The molecule has 1 aromatic carbocycles. The molecule has 0 saturated carbocycles. The first-order valence-corrected chi connectivity index (χ1v) is 5.27. The van der Waals surface area contributed by atoms with Crippen molar-refractivity contribution in [2.75, 3.05) is 6.61 Å². The quantitative estimate of drug-likeness (QED) is 0.780. The Hall–Kier alpha value is -0.490. The summed E-state index contributed by atoms with van der Waals surface area (Å²) < 4.78 is 13.9. The molecule has 15 heavy (non-hydrogen) atoms. The molecule has 3 N–H and O–H groups in total. The van der Waals surface area contributed by atoms with Crippen LogP contribution in [0.5, 0.6) is 0 Å². The van der Waals surface area contributed by atoms with E-state index in [0.717, 1.165) is 0 Å². The fourth-order valence-electron chi connectivity index (χ4n) is 1.24. The molecule has 0 fully saturated rings. The van der Waals surface area contributed by atoms with Crippen molar-refractivity contribution >= 4 is 15.9 Å². The van der Waals surface area contributed by atoms with E-state index in [1.165, 1.54) is 12.1 Å². The summed E-state index contributed by atoms with van der Waals surface area (Å²) in [6.45, 7) is -0.254. The molecule has 84 valence electrons. The lowest BCUT2D eigenvalue weighted by Crippen LogP contribution is -2.20. The van der Waals surface area contributed by atoms with E-state index in [9.17, 15) is 14.6 Å². The average molecular weight is 279 g/mol. The van der Waals surface area contributed by atoms with E-state index in [1.54, 1.807) is 6.07 Å². The zero-order valence-corrected chi connectivity index (χ0v) is 9.48. The zero-order valence-electron chi connectivity index (χ0n) is 7.90. The Morgan fingerprint density at radius 1 is 1.33 bits per heavy atom. The minimum absolute atomic E-state index is 0.0106. The van der Waals surface area contributed by atoms with Crippen molar-refractivity contribution in [3.8, 4) is 0 Å². The molecule has 0 aliphatic carbocycles. The Morgan fingerprint density at radius 3 is 2.53 bits per heavy atom. The fraction of sp³-hybridized carbons (Fsp3) is 0.400. The first-order valence-electron chi connectivity index (χ1n) is 4.48. The first kappa shape index (κ1) is 12.6. The van der Waals surface area contributed by atoms with E-state index < -0.39 is 18.0 Å². The van der Waals surface area contributed by atoms with E-state index in [1.807, 2.05) is 0 Å². The predicted octanol–water partition coefficient (Wildman–Crippen LogP) is 1.36. The Labute approximate surface area is 95.3 Å². The van der Waals surface area contributed by atoms with Gasteiger partial charge >= 0.3 is 0 Å². The van der Waals surface area contributed by atoms with Crippen LogP contribution in [0.25, 0.3) is 0 Å². The number of hydrogen-bond acceptors (Lipinski definition) is 3. The highest BCUT2D eigenvalue weighted by atomic mass is 79.9. The van der Waals surface area contributed by atoms with Crippen molar-refractivity contribution in [3.05, 3.63) is 34.1 Å². The van der Waals surface area contributed by atoms with Crippen LogP contribution >= 0.6 is 15.9 Å². The molecule has 1 aromatic rings. The van der Waals surface area contributed by atoms with E-state index in [0.29, 0.717) is 4.47 Å². The molecule has 0 radical (unpaired) electrons. The van der Waals surface area contributed by atoms with Crippen LogP contribution in [-0.4, -0.2) is 28.0 Å². The number of halogens is 2. The Balaban J connectivity index is 2.86. The van der Waals surface area contributed by atoms with Crippen molar-refractivity contribution in [2.24, 2.45) is 0 Å². The average Bonchev–Trinajstić information content (AvgIpc) is 2.17. The normalized spacial score (nSPS) is 15.0. The van der Waals surface area contributed by atoms with Crippen molar-refractivity contribution < 1.29 is 19.7 Å². The van der Waals surface area contributed by atoms with Gasteiger partial charge in [-0.15, -0.1) is 0 Å². The summed E-state index contributed by atoms with van der Waals surface area (Å²) in [5.74, 6) is -0.589. The Kier molecular flexibility index (Phi) is 4.66. The summed E-state index contributed by atoms with van der Waals surface area (Å²) in [6.07, 6.45) is -2.47. The first-order chi connectivity index (χ1) is 7.06. The van der Waals surface area contributed by atoms with Gasteiger partial charge in [-0.05, 0) is 18.6 Å². The maximum absolute atomic E-state index is 13.3. The van der Waals surface area contributed by atoms with Gasteiger partial charge in [0.1, 0.15) is 11.9 Å². The number of benzene rings is 1. The lowest BCUT2D eigenvalue weighted by molar-refractivity contribution is 0.00235. The molecule has 0 amide bonds. The number of rotatable bonds is 4. The zero-order chi connectivity index (χ0) is 11.4. The van der Waals surface area contributed by atoms with Crippen molar-refractivity contribution in [2.45, 2.75) is 18.6 Å². The molecule has 0 aliphatic heterocycles. The van der Waals surface area contributed by atoms with Crippen LogP contribution in [0.3, 0.4) is 0 Å². The molecule has 0 heterocycles. The van der Waals surface area contributed by atoms with Gasteiger partial charge in [-0.3, -0.25) is 0 Å². The maximum Gasteiger partial charge on any atom is 0.130 e. The van der Waals surface area contributed by atoms with Crippen LogP contribution in [0.1, 0.15) is 18.1 Å². The topological polar surface area (TPSA) is 60.7 Å². The molecule has 2 unspecified atom stereocenters. The lowest BCUT2D eigenvalue weighted by atomic mass is 10.0. The maximum atomic E-state index is 13.3. The highest BCUT2D eigenvalue weighted by Gasteiger charge is 2.20. The Morgan fingerprint density at radius 2 is 2.00 bits per heavy atom. The molecular formula is C10H12BrFO3. The van der Waals surface area contributed by atoms with Crippen molar-refractivity contribution in [3.63, 3.8) is 0 Å². The standard InChI is InChI=1S/C10H12BrFO3/c11-6-1-2-7(8(12)5-6)10(15)9(14)3-4-13/h1-2,5,9-10,13-15H,3-4H2. The smallest absolute Gasteiger partial charge is 0.130 e. The van der Waals surface area contributed by atoms with Gasteiger partial charge in [0.15, 0.2) is 0 Å². The second-order valence-corrected chi connectivity index (χ2v) is 4.11. The lowest BCUT2D eigenvalue weighted by Gasteiger charge is -2.17. The minimum atomic E-state index is -1.31. The summed E-state index contributed by atoms with van der Waals surface area (Å²) in [5.41, 5.74) is 0.0270. The molecule has 0 aliphatic rings. The van der Waals surface area contributed by atoms with E-state index in [-0.39, 0.29) is 18.6 Å².